The van der Waals surface area contributed by atoms with Crippen LogP contribution in [0.4, 0.5) is 20.3 Å². The number of aliphatic hydroxyl groups excluding tert-OH is 1. The molecular formula is C22H24ClF2N5O3. The minimum Gasteiger partial charge on any atom is -0.420 e. The lowest BCUT2D eigenvalue weighted by molar-refractivity contribution is -0.0964. The Kier molecular flexibility index (Phi) is 8.29. The van der Waals surface area contributed by atoms with Crippen LogP contribution in [0, 0.1) is 5.41 Å². The summed E-state index contributed by atoms with van der Waals surface area (Å²) in [6.07, 6.45) is 6.31. The van der Waals surface area contributed by atoms with Gasteiger partial charge in [-0.3, -0.25) is 9.79 Å². The van der Waals surface area contributed by atoms with Gasteiger partial charge in [-0.15, -0.1) is 8.78 Å². The molecule has 0 bridgehead atoms. The molecule has 33 heavy (non-hydrogen) atoms. The fourth-order valence-electron chi connectivity index (χ4n) is 3.44. The Morgan fingerprint density at radius 3 is 2.67 bits per heavy atom. The van der Waals surface area contributed by atoms with E-state index in [9.17, 15) is 13.6 Å². The maximum Gasteiger partial charge on any atom is 0.487 e. The number of rotatable bonds is 10. The Balaban J connectivity index is 1.83. The molecule has 3 N–H and O–H groups in total. The molecule has 1 aliphatic heterocycles. The zero-order chi connectivity index (χ0) is 23.8. The molecule has 1 aliphatic rings. The van der Waals surface area contributed by atoms with Crippen molar-refractivity contribution in [2.45, 2.75) is 24.3 Å². The molecule has 8 nitrogen and oxygen atoms in total. The molecule has 1 amide bonds. The molecule has 0 saturated carbocycles. The summed E-state index contributed by atoms with van der Waals surface area (Å²) in [5.74, 6) is -0.426. The molecule has 11 heteroatoms. The maximum absolute atomic E-state index is 12.8. The van der Waals surface area contributed by atoms with Gasteiger partial charge in [-0.25, -0.2) is 4.98 Å². The van der Waals surface area contributed by atoms with Gasteiger partial charge in [0.05, 0.1) is 24.6 Å². The van der Waals surface area contributed by atoms with Gasteiger partial charge < -0.3 is 25.5 Å². The van der Waals surface area contributed by atoms with Crippen molar-refractivity contribution in [2.75, 3.05) is 36.5 Å². The summed E-state index contributed by atoms with van der Waals surface area (Å²) in [6, 6.07) is 7.00. The molecule has 1 aromatic carbocycles. The summed E-state index contributed by atoms with van der Waals surface area (Å²) in [5, 5.41) is 19.5. The number of anilines is 2. The zero-order valence-electron chi connectivity index (χ0n) is 17.7. The van der Waals surface area contributed by atoms with E-state index in [1.807, 2.05) is 0 Å². The topological polar surface area (TPSA) is 111 Å². The normalized spacial score (nSPS) is 15.0. The van der Waals surface area contributed by atoms with Gasteiger partial charge in [0.2, 0.25) is 0 Å². The van der Waals surface area contributed by atoms with E-state index in [-0.39, 0.29) is 24.5 Å². The minimum atomic E-state index is -3.82. The van der Waals surface area contributed by atoms with Crippen LogP contribution >= 0.6 is 11.6 Å². The minimum absolute atomic E-state index is 0.104. The Morgan fingerprint density at radius 1 is 1.36 bits per heavy atom. The molecule has 2 aromatic rings. The molecule has 1 fully saturated rings. The highest BCUT2D eigenvalue weighted by atomic mass is 35.5. The number of hydrogen-bond acceptors (Lipinski definition) is 7. The van der Waals surface area contributed by atoms with Crippen molar-refractivity contribution in [3.05, 3.63) is 47.7 Å². The Bertz CT molecular complexity index is 993. The summed E-state index contributed by atoms with van der Waals surface area (Å²) in [7, 11) is 0. The maximum atomic E-state index is 12.8. The number of alkyl halides is 3. The highest BCUT2D eigenvalue weighted by Crippen LogP contribution is 2.29. The van der Waals surface area contributed by atoms with Crippen molar-refractivity contribution in [3.63, 3.8) is 0 Å². The summed E-state index contributed by atoms with van der Waals surface area (Å²) >= 11 is 4.75. The van der Waals surface area contributed by atoms with Crippen LogP contribution in [0.1, 0.15) is 34.7 Å². The molecule has 176 valence electrons. The molecular weight excluding hydrogens is 456 g/mol. The SMILES string of the molecule is N=CC(C=NCCO)c1cc(C(=O)Nc2ccc(OC(F)(F)Cl)cc2)cnc1N1CCCC1. The van der Waals surface area contributed by atoms with Gasteiger partial charge in [-0.2, -0.15) is 0 Å². The van der Waals surface area contributed by atoms with Gasteiger partial charge in [0, 0.05) is 54.6 Å². The Morgan fingerprint density at radius 2 is 2.06 bits per heavy atom. The van der Waals surface area contributed by atoms with E-state index in [0.717, 1.165) is 25.9 Å². The first-order valence-electron chi connectivity index (χ1n) is 10.3. The smallest absolute Gasteiger partial charge is 0.420 e. The largest absolute Gasteiger partial charge is 0.487 e. The van der Waals surface area contributed by atoms with Crippen molar-refractivity contribution in [1.29, 1.82) is 5.41 Å². The first kappa shape index (κ1) is 24.5. The number of ether oxygens (including phenoxy) is 1. The number of carbonyl (C=O) groups is 1. The van der Waals surface area contributed by atoms with Crippen LogP contribution < -0.4 is 15.0 Å². The lowest BCUT2D eigenvalue weighted by Gasteiger charge is -2.22. The first-order chi connectivity index (χ1) is 15.8. The second-order valence-electron chi connectivity index (χ2n) is 7.33. The number of nitrogens with one attached hydrogen (secondary N) is 2. The Labute approximate surface area is 194 Å². The third-order valence-corrected chi connectivity index (χ3v) is 5.02. The monoisotopic (exact) mass is 479 g/mol. The molecule has 1 atom stereocenters. The fourth-order valence-corrected chi connectivity index (χ4v) is 3.53. The number of halogens is 3. The highest BCUT2D eigenvalue weighted by molar-refractivity contribution is 6.20. The van der Waals surface area contributed by atoms with Crippen LogP contribution in [0.3, 0.4) is 0 Å². The van der Waals surface area contributed by atoms with E-state index in [1.54, 1.807) is 12.3 Å². The molecule has 3 rings (SSSR count). The molecule has 0 radical (unpaired) electrons. The molecule has 0 spiro atoms. The van der Waals surface area contributed by atoms with Crippen LogP contribution in [0.25, 0.3) is 0 Å². The lowest BCUT2D eigenvalue weighted by Crippen LogP contribution is -2.23. The van der Waals surface area contributed by atoms with Crippen LogP contribution in [-0.4, -0.2) is 60.2 Å². The van der Waals surface area contributed by atoms with E-state index in [2.05, 4.69) is 24.9 Å². The molecule has 1 unspecified atom stereocenters. The van der Waals surface area contributed by atoms with Crippen molar-refractivity contribution in [3.8, 4) is 5.75 Å². The second-order valence-corrected chi connectivity index (χ2v) is 7.77. The van der Waals surface area contributed by atoms with Crippen LogP contribution in [0.2, 0.25) is 0 Å². The summed E-state index contributed by atoms with van der Waals surface area (Å²) in [5.41, 5.74) is -2.53. The van der Waals surface area contributed by atoms with E-state index < -0.39 is 17.4 Å². The van der Waals surface area contributed by atoms with Gasteiger partial charge in [0.1, 0.15) is 11.6 Å². The average Bonchev–Trinajstić information content (AvgIpc) is 3.31. The van der Waals surface area contributed by atoms with E-state index >= 15 is 0 Å². The fraction of sp³-hybridized carbons (Fsp3) is 0.364. The van der Waals surface area contributed by atoms with Gasteiger partial charge in [-0.1, -0.05) is 0 Å². The zero-order valence-corrected chi connectivity index (χ0v) is 18.4. The van der Waals surface area contributed by atoms with Gasteiger partial charge in [-0.05, 0) is 43.2 Å². The number of aliphatic hydroxyl groups is 1. The molecule has 2 heterocycles. The second kappa shape index (κ2) is 11.2. The third kappa shape index (κ3) is 6.93. The molecule has 1 saturated heterocycles. The van der Waals surface area contributed by atoms with Crippen LogP contribution in [-0.2, 0) is 0 Å². The molecule has 0 aliphatic carbocycles. The van der Waals surface area contributed by atoms with E-state index in [4.69, 9.17) is 22.1 Å². The number of aromatic nitrogens is 1. The van der Waals surface area contributed by atoms with Crippen molar-refractivity contribution in [1.82, 2.24) is 4.98 Å². The highest BCUT2D eigenvalue weighted by Gasteiger charge is 2.27. The van der Waals surface area contributed by atoms with Gasteiger partial charge in [0.15, 0.2) is 0 Å². The van der Waals surface area contributed by atoms with Crippen molar-refractivity contribution in [2.24, 2.45) is 4.99 Å². The number of benzene rings is 1. The van der Waals surface area contributed by atoms with Gasteiger partial charge >= 0.3 is 5.57 Å². The lowest BCUT2D eigenvalue weighted by atomic mass is 9.99. The summed E-state index contributed by atoms with van der Waals surface area (Å²) < 4.78 is 29.7. The quantitative estimate of drug-likeness (QED) is 0.353. The summed E-state index contributed by atoms with van der Waals surface area (Å²) in [6.45, 7) is 1.78. The number of nitrogens with zero attached hydrogens (tertiary/aromatic N) is 3. The third-order valence-electron chi connectivity index (χ3n) is 4.94. The van der Waals surface area contributed by atoms with E-state index in [1.165, 1.54) is 36.7 Å². The number of pyridine rings is 1. The van der Waals surface area contributed by atoms with Crippen LogP contribution in [0.15, 0.2) is 41.5 Å². The standard InChI is InChI=1S/C22H24ClF2N5O3/c23-22(24,25)33-18-5-3-17(4-6-18)29-21(32)15-11-19(16(12-26)13-27-7-10-31)20(28-14-15)30-8-1-2-9-30/h3-6,11-14,16,26,31H,1-2,7-10H2,(H,29,32). The molecule has 1 aromatic heterocycles. The average molecular weight is 480 g/mol. The van der Waals surface area contributed by atoms with Gasteiger partial charge in [0.25, 0.3) is 5.91 Å². The van der Waals surface area contributed by atoms with Crippen molar-refractivity contribution < 1.29 is 23.4 Å². The Hall–Kier alpha value is -3.11. The predicted molar refractivity (Wildman–Crippen MR) is 123 cm³/mol. The van der Waals surface area contributed by atoms with E-state index in [0.29, 0.717) is 17.1 Å². The first-order valence-corrected chi connectivity index (χ1v) is 10.7. The summed E-state index contributed by atoms with van der Waals surface area (Å²) in [4.78, 5) is 23.6. The number of carbonyl (C=O) groups excluding carboxylic acids is 1. The number of hydrogen-bond donors (Lipinski definition) is 3. The number of amides is 1. The van der Waals surface area contributed by atoms with Crippen LogP contribution in [0.5, 0.6) is 5.75 Å². The number of aliphatic imine (C=N–C) groups is 1. The van der Waals surface area contributed by atoms with Crippen molar-refractivity contribution >= 4 is 41.4 Å². The predicted octanol–water partition coefficient (Wildman–Crippen LogP) is 3.90.